The largest absolute Gasteiger partial charge is 1.00 e. The zero-order valence-electron chi connectivity index (χ0n) is 20.6. The lowest BCUT2D eigenvalue weighted by Crippen LogP contribution is -3.00. The molecule has 0 aliphatic heterocycles. The van der Waals surface area contributed by atoms with E-state index in [1.807, 2.05) is 0 Å². The van der Waals surface area contributed by atoms with Crippen molar-refractivity contribution in [2.45, 2.75) is 91.0 Å². The van der Waals surface area contributed by atoms with Crippen LogP contribution in [0.5, 0.6) is 0 Å². The van der Waals surface area contributed by atoms with Crippen LogP contribution in [0.1, 0.15) is 90.0 Å². The fourth-order valence-electron chi connectivity index (χ4n) is 4.05. The van der Waals surface area contributed by atoms with E-state index in [1.165, 1.54) is 82.7 Å². The van der Waals surface area contributed by atoms with E-state index in [2.05, 4.69) is 87.7 Å². The van der Waals surface area contributed by atoms with Gasteiger partial charge < -0.3 is 28.5 Å². The van der Waals surface area contributed by atoms with Gasteiger partial charge in [-0.25, -0.2) is 0 Å². The zero-order chi connectivity index (χ0) is 21.8. The molecule has 1 unspecified atom stereocenters. The van der Waals surface area contributed by atoms with Gasteiger partial charge >= 0.3 is 0 Å². The summed E-state index contributed by atoms with van der Waals surface area (Å²) in [5.41, 5.74) is 1.45. The molecule has 2 heteroatoms. The molecule has 0 aliphatic carbocycles. The highest BCUT2D eigenvalue weighted by Gasteiger charge is 2.20. The summed E-state index contributed by atoms with van der Waals surface area (Å²) in [5.74, 6) is 0. The monoisotopic (exact) mass is 537 g/mol. The highest BCUT2D eigenvalue weighted by Crippen LogP contribution is 2.16. The molecule has 0 saturated heterocycles. The summed E-state index contributed by atoms with van der Waals surface area (Å²) in [6.45, 7) is 7.81. The Balaban J connectivity index is 0.00000900. The number of unbranched alkanes of at least 4 members (excludes halogenated alkanes) is 10. The zero-order valence-corrected chi connectivity index (χ0v) is 22.7. The van der Waals surface area contributed by atoms with Crippen molar-refractivity contribution in [2.24, 2.45) is 0 Å². The standard InChI is InChI=1S/C29H48N.HI/c1-4-6-8-10-12-13-14-15-16-18-23-27-30(3,26-22-17-11-9-7-5-2)28-29-24-20-19-21-25-29;/h5,7,9,11,17,19-22,24-25H,4,6,8,10,12-16,18,23,26-28H2,1-3H3;1H/q+1;/p-1/b7-5+,11-9+,22-17+;. The lowest BCUT2D eigenvalue weighted by atomic mass is 10.1. The van der Waals surface area contributed by atoms with Crippen LogP contribution in [-0.2, 0) is 6.54 Å². The molecule has 0 bridgehead atoms. The number of likely N-dealkylation sites (N-methyl/N-ethyl adjacent to an activating group) is 1. The molecular formula is C29H48IN. The summed E-state index contributed by atoms with van der Waals surface area (Å²) in [5, 5.41) is 0. The Morgan fingerprint density at radius 1 is 0.710 bits per heavy atom. The van der Waals surface area contributed by atoms with Crippen molar-refractivity contribution in [3.05, 3.63) is 72.4 Å². The second-order valence-corrected chi connectivity index (χ2v) is 9.04. The van der Waals surface area contributed by atoms with Gasteiger partial charge in [-0.15, -0.1) is 0 Å². The van der Waals surface area contributed by atoms with Crippen molar-refractivity contribution >= 4 is 0 Å². The van der Waals surface area contributed by atoms with Crippen LogP contribution in [0, 0.1) is 0 Å². The van der Waals surface area contributed by atoms with Gasteiger partial charge in [-0.3, -0.25) is 0 Å². The molecule has 31 heavy (non-hydrogen) atoms. The van der Waals surface area contributed by atoms with Crippen LogP contribution >= 0.6 is 0 Å². The first-order chi connectivity index (χ1) is 14.7. The SMILES string of the molecule is C/C=C/C=C/C=C/C[N+](C)(CCCCCCCCCCCCC)Cc1ccccc1.[I-]. The lowest BCUT2D eigenvalue weighted by Gasteiger charge is -2.34. The molecule has 0 heterocycles. The Morgan fingerprint density at radius 3 is 1.84 bits per heavy atom. The van der Waals surface area contributed by atoms with Gasteiger partial charge in [0.25, 0.3) is 0 Å². The second-order valence-electron chi connectivity index (χ2n) is 9.04. The normalized spacial score (nSPS) is 13.8. The van der Waals surface area contributed by atoms with E-state index < -0.39 is 0 Å². The molecule has 0 saturated carbocycles. The Hall–Kier alpha value is -0.870. The molecule has 1 aromatic rings. The van der Waals surface area contributed by atoms with Gasteiger partial charge in [-0.05, 0) is 25.8 Å². The third-order valence-electron chi connectivity index (χ3n) is 5.92. The molecular weight excluding hydrogens is 489 g/mol. The Morgan fingerprint density at radius 2 is 1.26 bits per heavy atom. The summed E-state index contributed by atoms with van der Waals surface area (Å²) in [4.78, 5) is 0. The third-order valence-corrected chi connectivity index (χ3v) is 5.92. The van der Waals surface area contributed by atoms with Gasteiger partial charge in [0.2, 0.25) is 0 Å². The maximum Gasteiger partial charge on any atom is 0.104 e. The van der Waals surface area contributed by atoms with Gasteiger partial charge in [0.1, 0.15) is 6.54 Å². The first kappa shape index (κ1) is 30.1. The summed E-state index contributed by atoms with van der Waals surface area (Å²) in [7, 11) is 2.42. The van der Waals surface area contributed by atoms with E-state index in [0.717, 1.165) is 17.6 Å². The lowest BCUT2D eigenvalue weighted by molar-refractivity contribution is -0.917. The number of benzene rings is 1. The predicted octanol–water partition coefficient (Wildman–Crippen LogP) is 5.64. The van der Waals surface area contributed by atoms with Crippen LogP contribution in [0.4, 0.5) is 0 Å². The quantitative estimate of drug-likeness (QED) is 0.0985. The van der Waals surface area contributed by atoms with Crippen LogP contribution in [0.2, 0.25) is 0 Å². The number of hydrogen-bond acceptors (Lipinski definition) is 0. The summed E-state index contributed by atoms with van der Waals surface area (Å²) in [6.07, 6.45) is 28.4. The van der Waals surface area contributed by atoms with Crippen molar-refractivity contribution in [2.75, 3.05) is 20.1 Å². The maximum atomic E-state index is 2.42. The highest BCUT2D eigenvalue weighted by molar-refractivity contribution is 5.14. The smallest absolute Gasteiger partial charge is 0.104 e. The fourth-order valence-corrected chi connectivity index (χ4v) is 4.05. The first-order valence-electron chi connectivity index (χ1n) is 12.5. The summed E-state index contributed by atoms with van der Waals surface area (Å²) in [6, 6.07) is 11.0. The van der Waals surface area contributed by atoms with Gasteiger partial charge in [0, 0.05) is 5.56 Å². The molecule has 1 nitrogen and oxygen atoms in total. The highest BCUT2D eigenvalue weighted by atomic mass is 127. The molecule has 0 amide bonds. The Labute approximate surface area is 211 Å². The van der Waals surface area contributed by atoms with E-state index in [-0.39, 0.29) is 24.0 Å². The average Bonchev–Trinajstić information content (AvgIpc) is 2.75. The van der Waals surface area contributed by atoms with Crippen LogP contribution in [0.25, 0.3) is 0 Å². The molecule has 1 aromatic carbocycles. The molecule has 0 aromatic heterocycles. The van der Waals surface area contributed by atoms with Gasteiger partial charge in [-0.1, -0.05) is 125 Å². The van der Waals surface area contributed by atoms with Crippen LogP contribution in [0.15, 0.2) is 66.8 Å². The van der Waals surface area contributed by atoms with E-state index in [9.17, 15) is 0 Å². The van der Waals surface area contributed by atoms with E-state index in [0.29, 0.717) is 0 Å². The summed E-state index contributed by atoms with van der Waals surface area (Å²) < 4.78 is 1.09. The van der Waals surface area contributed by atoms with Crippen molar-refractivity contribution in [3.63, 3.8) is 0 Å². The van der Waals surface area contributed by atoms with Crippen LogP contribution in [-0.4, -0.2) is 24.6 Å². The molecule has 0 spiro atoms. The van der Waals surface area contributed by atoms with Crippen molar-refractivity contribution in [1.82, 2.24) is 0 Å². The van der Waals surface area contributed by atoms with Gasteiger partial charge in [0.15, 0.2) is 0 Å². The van der Waals surface area contributed by atoms with Gasteiger partial charge in [-0.2, -0.15) is 0 Å². The Kier molecular flexibility index (Phi) is 20.4. The molecule has 1 rings (SSSR count). The molecule has 176 valence electrons. The van der Waals surface area contributed by atoms with Crippen molar-refractivity contribution < 1.29 is 28.5 Å². The minimum absolute atomic E-state index is 0. The van der Waals surface area contributed by atoms with Crippen molar-refractivity contribution in [3.8, 4) is 0 Å². The van der Waals surface area contributed by atoms with Gasteiger partial charge in [0.05, 0.1) is 20.1 Å². The number of rotatable bonds is 18. The summed E-state index contributed by atoms with van der Waals surface area (Å²) >= 11 is 0. The first-order valence-corrected chi connectivity index (χ1v) is 12.5. The Bertz CT molecular complexity index is 590. The minimum Gasteiger partial charge on any atom is -1.00 e. The van der Waals surface area contributed by atoms with Crippen LogP contribution in [0.3, 0.4) is 0 Å². The molecule has 0 radical (unpaired) electrons. The molecule has 0 aliphatic rings. The van der Waals surface area contributed by atoms with E-state index in [1.54, 1.807) is 0 Å². The number of halogens is 1. The number of hydrogen-bond donors (Lipinski definition) is 0. The number of quaternary nitrogens is 1. The third kappa shape index (κ3) is 17.4. The predicted molar refractivity (Wildman–Crippen MR) is 136 cm³/mol. The fraction of sp³-hybridized carbons (Fsp3) is 0.586. The van der Waals surface area contributed by atoms with E-state index >= 15 is 0 Å². The van der Waals surface area contributed by atoms with E-state index in [4.69, 9.17) is 0 Å². The minimum atomic E-state index is 0. The number of nitrogens with zero attached hydrogens (tertiary/aromatic N) is 1. The van der Waals surface area contributed by atoms with Crippen LogP contribution < -0.4 is 24.0 Å². The maximum absolute atomic E-state index is 2.42. The second kappa shape index (κ2) is 21.0. The van der Waals surface area contributed by atoms with Crippen molar-refractivity contribution in [1.29, 1.82) is 0 Å². The molecule has 1 atom stereocenters. The number of allylic oxidation sites excluding steroid dienone is 5. The molecule has 0 fully saturated rings. The topological polar surface area (TPSA) is 0 Å². The average molecular weight is 538 g/mol. The molecule has 0 N–H and O–H groups in total.